The molecule has 156 valence electrons. The largest absolute Gasteiger partial charge is 0.351 e. The van der Waals surface area contributed by atoms with Crippen LogP contribution in [-0.2, 0) is 16.1 Å². The van der Waals surface area contributed by atoms with Crippen molar-refractivity contribution in [2.24, 2.45) is 0 Å². The zero-order valence-corrected chi connectivity index (χ0v) is 17.2. The van der Waals surface area contributed by atoms with Gasteiger partial charge < -0.3 is 10.6 Å². The van der Waals surface area contributed by atoms with Gasteiger partial charge in [-0.2, -0.15) is 5.26 Å². The molecule has 0 spiro atoms. The lowest BCUT2D eigenvalue weighted by atomic mass is 10.2. The molecule has 1 atom stereocenters. The Morgan fingerprint density at radius 1 is 1.07 bits per heavy atom. The number of nitriles is 1. The fourth-order valence-electron chi connectivity index (χ4n) is 3.44. The number of hydrogen-bond acceptors (Lipinski definition) is 5. The van der Waals surface area contributed by atoms with E-state index < -0.39 is 0 Å². The summed E-state index contributed by atoms with van der Waals surface area (Å²) in [6, 6.07) is 18.5. The predicted octanol–water partition coefficient (Wildman–Crippen LogP) is 1.82. The van der Waals surface area contributed by atoms with E-state index >= 15 is 0 Å². The van der Waals surface area contributed by atoms with Crippen LogP contribution in [0.15, 0.2) is 54.6 Å². The molecule has 2 aromatic rings. The highest BCUT2D eigenvalue weighted by Gasteiger charge is 2.26. The van der Waals surface area contributed by atoms with E-state index in [0.29, 0.717) is 24.3 Å². The van der Waals surface area contributed by atoms with E-state index in [0.717, 1.165) is 31.7 Å². The van der Waals surface area contributed by atoms with Crippen molar-refractivity contribution in [2.75, 3.05) is 38.0 Å². The number of nitrogens with zero attached hydrogens (tertiary/aromatic N) is 3. The minimum atomic E-state index is -0.287. The van der Waals surface area contributed by atoms with E-state index in [-0.39, 0.29) is 17.9 Å². The van der Waals surface area contributed by atoms with Gasteiger partial charge in [0.2, 0.25) is 11.8 Å². The highest BCUT2D eigenvalue weighted by Crippen LogP contribution is 2.13. The van der Waals surface area contributed by atoms with Crippen LogP contribution in [0.5, 0.6) is 0 Å². The number of benzene rings is 2. The lowest BCUT2D eigenvalue weighted by Gasteiger charge is -2.37. The first kappa shape index (κ1) is 21.5. The zero-order valence-electron chi connectivity index (χ0n) is 17.2. The van der Waals surface area contributed by atoms with Crippen molar-refractivity contribution in [3.05, 3.63) is 65.7 Å². The van der Waals surface area contributed by atoms with Gasteiger partial charge in [0.1, 0.15) is 0 Å². The molecule has 1 saturated heterocycles. The van der Waals surface area contributed by atoms with Gasteiger partial charge in [0.25, 0.3) is 0 Å². The number of rotatable bonds is 7. The van der Waals surface area contributed by atoms with Crippen LogP contribution in [-0.4, -0.2) is 60.4 Å². The van der Waals surface area contributed by atoms with Crippen molar-refractivity contribution < 1.29 is 9.59 Å². The van der Waals surface area contributed by atoms with Crippen molar-refractivity contribution >= 4 is 17.5 Å². The fraction of sp³-hybridized carbons (Fsp3) is 0.348. The second-order valence-corrected chi connectivity index (χ2v) is 7.43. The third-order valence-electron chi connectivity index (χ3n) is 5.29. The lowest BCUT2D eigenvalue weighted by Crippen LogP contribution is -2.54. The van der Waals surface area contributed by atoms with Gasteiger partial charge in [0.05, 0.1) is 24.2 Å². The van der Waals surface area contributed by atoms with Crippen molar-refractivity contribution in [3.63, 3.8) is 0 Å². The van der Waals surface area contributed by atoms with Gasteiger partial charge in [0, 0.05) is 38.4 Å². The lowest BCUT2D eigenvalue weighted by molar-refractivity contribution is -0.124. The second-order valence-electron chi connectivity index (χ2n) is 7.43. The van der Waals surface area contributed by atoms with E-state index in [2.05, 4.69) is 26.5 Å². The minimum absolute atomic E-state index is 0.00969. The van der Waals surface area contributed by atoms with Gasteiger partial charge in [-0.3, -0.25) is 19.4 Å². The Morgan fingerprint density at radius 2 is 1.80 bits per heavy atom. The first-order valence-corrected chi connectivity index (χ1v) is 10.1. The number of hydrogen-bond donors (Lipinski definition) is 2. The van der Waals surface area contributed by atoms with Crippen LogP contribution in [0.3, 0.4) is 0 Å². The summed E-state index contributed by atoms with van der Waals surface area (Å²) < 4.78 is 0. The van der Waals surface area contributed by atoms with Gasteiger partial charge in [-0.1, -0.05) is 36.4 Å². The summed E-state index contributed by atoms with van der Waals surface area (Å²) in [5, 5.41) is 14.8. The van der Waals surface area contributed by atoms with Gasteiger partial charge in [0.15, 0.2) is 0 Å². The molecule has 7 nitrogen and oxygen atoms in total. The molecule has 7 heteroatoms. The molecule has 0 aromatic heterocycles. The molecule has 2 aromatic carbocycles. The molecule has 1 fully saturated rings. The predicted molar refractivity (Wildman–Crippen MR) is 116 cm³/mol. The quantitative estimate of drug-likeness (QED) is 0.734. The van der Waals surface area contributed by atoms with Gasteiger partial charge in [-0.25, -0.2) is 0 Å². The van der Waals surface area contributed by atoms with Crippen molar-refractivity contribution in [1.82, 2.24) is 15.1 Å². The average Bonchev–Trinajstić information content (AvgIpc) is 2.78. The highest BCUT2D eigenvalue weighted by atomic mass is 16.2. The third kappa shape index (κ3) is 6.14. The molecule has 3 rings (SSSR count). The summed E-state index contributed by atoms with van der Waals surface area (Å²) in [6.45, 7) is 5.69. The number of anilines is 1. The minimum Gasteiger partial charge on any atom is -0.351 e. The zero-order chi connectivity index (χ0) is 21.3. The molecular formula is C23H27N5O2. The van der Waals surface area contributed by atoms with Gasteiger partial charge >= 0.3 is 0 Å². The Balaban J connectivity index is 1.41. The van der Waals surface area contributed by atoms with Crippen LogP contribution in [0, 0.1) is 11.3 Å². The van der Waals surface area contributed by atoms with E-state index in [1.54, 1.807) is 24.3 Å². The molecule has 1 heterocycles. The standard InChI is InChI=1S/C23H27N5O2/c1-18(23(30)26-21-9-5-8-20(14-21)15-24)28-12-10-27(11-13-28)17-22(29)25-16-19-6-3-2-4-7-19/h2-9,14,18H,10-13,16-17H2,1H3,(H,25,29)(H,26,30). The fourth-order valence-corrected chi connectivity index (χ4v) is 3.44. The third-order valence-corrected chi connectivity index (χ3v) is 5.29. The number of carbonyl (C=O) groups excluding carboxylic acids is 2. The first-order valence-electron chi connectivity index (χ1n) is 10.1. The van der Waals surface area contributed by atoms with E-state index in [1.807, 2.05) is 37.3 Å². The Hall–Kier alpha value is -3.21. The van der Waals surface area contributed by atoms with Crippen molar-refractivity contribution in [2.45, 2.75) is 19.5 Å². The number of carbonyl (C=O) groups is 2. The van der Waals surface area contributed by atoms with Crippen LogP contribution in [0.2, 0.25) is 0 Å². The Bertz CT molecular complexity index is 901. The topological polar surface area (TPSA) is 88.5 Å². The summed E-state index contributed by atoms with van der Waals surface area (Å²) in [5.74, 6) is -0.0883. The van der Waals surface area contributed by atoms with Crippen LogP contribution >= 0.6 is 0 Å². The molecule has 1 unspecified atom stereocenters. The average molecular weight is 406 g/mol. The van der Waals surface area contributed by atoms with Crippen molar-refractivity contribution in [3.8, 4) is 6.07 Å². The maximum Gasteiger partial charge on any atom is 0.241 e. The Labute approximate surface area is 177 Å². The molecule has 0 radical (unpaired) electrons. The Kier molecular flexibility index (Phi) is 7.55. The number of piperazine rings is 1. The summed E-state index contributed by atoms with van der Waals surface area (Å²) in [4.78, 5) is 29.0. The molecule has 0 bridgehead atoms. The smallest absolute Gasteiger partial charge is 0.241 e. The molecule has 30 heavy (non-hydrogen) atoms. The summed E-state index contributed by atoms with van der Waals surface area (Å²) in [7, 11) is 0. The Morgan fingerprint density at radius 3 is 2.50 bits per heavy atom. The molecule has 0 saturated carbocycles. The monoisotopic (exact) mass is 405 g/mol. The van der Waals surface area contributed by atoms with Crippen LogP contribution < -0.4 is 10.6 Å². The number of amides is 2. The molecule has 0 aliphatic carbocycles. The SMILES string of the molecule is CC(C(=O)Nc1cccc(C#N)c1)N1CCN(CC(=O)NCc2ccccc2)CC1. The normalized spacial score (nSPS) is 15.7. The van der Waals surface area contributed by atoms with Gasteiger partial charge in [-0.05, 0) is 30.7 Å². The molecular weight excluding hydrogens is 378 g/mol. The molecule has 2 N–H and O–H groups in total. The van der Waals surface area contributed by atoms with E-state index in [4.69, 9.17) is 5.26 Å². The van der Waals surface area contributed by atoms with Crippen LogP contribution in [0.1, 0.15) is 18.1 Å². The van der Waals surface area contributed by atoms with Gasteiger partial charge in [-0.15, -0.1) is 0 Å². The first-order chi connectivity index (χ1) is 14.5. The maximum atomic E-state index is 12.6. The molecule has 1 aliphatic heterocycles. The highest BCUT2D eigenvalue weighted by molar-refractivity contribution is 5.94. The van der Waals surface area contributed by atoms with Crippen molar-refractivity contribution in [1.29, 1.82) is 5.26 Å². The summed E-state index contributed by atoms with van der Waals surface area (Å²) in [5.41, 5.74) is 2.22. The van der Waals surface area contributed by atoms with E-state index in [9.17, 15) is 9.59 Å². The van der Waals surface area contributed by atoms with Crippen LogP contribution in [0.4, 0.5) is 5.69 Å². The van der Waals surface area contributed by atoms with E-state index in [1.165, 1.54) is 0 Å². The van der Waals surface area contributed by atoms with Crippen LogP contribution in [0.25, 0.3) is 0 Å². The summed E-state index contributed by atoms with van der Waals surface area (Å²) >= 11 is 0. The maximum absolute atomic E-state index is 12.6. The second kappa shape index (κ2) is 10.5. The summed E-state index contributed by atoms with van der Waals surface area (Å²) in [6.07, 6.45) is 0. The molecule has 1 aliphatic rings. The molecule has 2 amide bonds. The number of nitrogens with one attached hydrogen (secondary N) is 2.